The summed E-state index contributed by atoms with van der Waals surface area (Å²) in [5, 5.41) is 15.4. The molecule has 23 heavy (non-hydrogen) atoms. The Morgan fingerprint density at radius 1 is 1.22 bits per heavy atom. The van der Waals surface area contributed by atoms with Gasteiger partial charge in [0.05, 0.1) is 11.6 Å². The van der Waals surface area contributed by atoms with E-state index in [0.29, 0.717) is 34.1 Å². The molecule has 0 bridgehead atoms. The molecule has 3 rings (SSSR count). The highest BCUT2D eigenvalue weighted by molar-refractivity contribution is 6.04. The van der Waals surface area contributed by atoms with Crippen molar-refractivity contribution in [2.75, 3.05) is 5.32 Å². The minimum Gasteiger partial charge on any atom is -0.334 e. The number of aromatic nitrogens is 2. The van der Waals surface area contributed by atoms with E-state index < -0.39 is 0 Å². The first-order valence-electron chi connectivity index (χ1n) is 6.88. The standard InChI is InChI=1S/C17H12N4O2/c1-11-19-17(23-21-11)14-6-3-7-15(9-14)20-16(22)13-5-2-4-12(8-13)10-18/h2-9H,1H3,(H,20,22). The molecule has 0 spiro atoms. The minimum atomic E-state index is -0.291. The molecule has 0 saturated heterocycles. The van der Waals surface area contributed by atoms with Crippen molar-refractivity contribution in [3.63, 3.8) is 0 Å². The monoisotopic (exact) mass is 304 g/mol. The number of aryl methyl sites for hydroxylation is 1. The Balaban J connectivity index is 1.83. The maximum Gasteiger partial charge on any atom is 0.257 e. The summed E-state index contributed by atoms with van der Waals surface area (Å²) in [6.45, 7) is 1.74. The molecule has 0 unspecified atom stereocenters. The summed E-state index contributed by atoms with van der Waals surface area (Å²) in [5.41, 5.74) is 2.18. The molecule has 1 aromatic heterocycles. The Kier molecular flexibility index (Phi) is 3.85. The number of carbonyl (C=O) groups excluding carboxylic acids is 1. The van der Waals surface area contributed by atoms with Crippen LogP contribution in [0.15, 0.2) is 53.1 Å². The SMILES string of the molecule is Cc1noc(-c2cccc(NC(=O)c3cccc(C#N)c3)c2)n1. The van der Waals surface area contributed by atoms with Crippen molar-refractivity contribution in [2.24, 2.45) is 0 Å². The number of rotatable bonds is 3. The van der Waals surface area contributed by atoms with Gasteiger partial charge in [-0.3, -0.25) is 4.79 Å². The summed E-state index contributed by atoms with van der Waals surface area (Å²) in [5.74, 6) is 0.647. The Morgan fingerprint density at radius 3 is 2.78 bits per heavy atom. The van der Waals surface area contributed by atoms with Crippen LogP contribution in [0.2, 0.25) is 0 Å². The number of nitriles is 1. The molecule has 0 fully saturated rings. The summed E-state index contributed by atoms with van der Waals surface area (Å²) in [6.07, 6.45) is 0. The Morgan fingerprint density at radius 2 is 2.04 bits per heavy atom. The van der Waals surface area contributed by atoms with Crippen LogP contribution in [0.3, 0.4) is 0 Å². The summed E-state index contributed by atoms with van der Waals surface area (Å²) in [7, 11) is 0. The summed E-state index contributed by atoms with van der Waals surface area (Å²) in [4.78, 5) is 16.4. The second-order valence-corrected chi connectivity index (χ2v) is 4.87. The van der Waals surface area contributed by atoms with Crippen molar-refractivity contribution in [2.45, 2.75) is 6.92 Å². The molecular weight excluding hydrogens is 292 g/mol. The molecule has 0 radical (unpaired) electrons. The zero-order valence-corrected chi connectivity index (χ0v) is 12.3. The number of nitrogens with zero attached hydrogens (tertiary/aromatic N) is 3. The van der Waals surface area contributed by atoms with Gasteiger partial charge in [0.2, 0.25) is 0 Å². The second-order valence-electron chi connectivity index (χ2n) is 4.87. The lowest BCUT2D eigenvalue weighted by atomic mass is 10.1. The van der Waals surface area contributed by atoms with Crippen LogP contribution in [0.25, 0.3) is 11.5 Å². The van der Waals surface area contributed by atoms with Crippen LogP contribution < -0.4 is 5.32 Å². The minimum absolute atomic E-state index is 0.291. The largest absolute Gasteiger partial charge is 0.334 e. The fourth-order valence-corrected chi connectivity index (χ4v) is 2.08. The lowest BCUT2D eigenvalue weighted by molar-refractivity contribution is 0.102. The highest BCUT2D eigenvalue weighted by Gasteiger charge is 2.10. The van der Waals surface area contributed by atoms with Crippen molar-refractivity contribution in [1.29, 1.82) is 5.26 Å². The fraction of sp³-hybridized carbons (Fsp3) is 0.0588. The summed E-state index contributed by atoms with van der Waals surface area (Å²) in [6, 6.07) is 15.6. The maximum absolute atomic E-state index is 12.3. The molecule has 0 atom stereocenters. The van der Waals surface area contributed by atoms with Crippen LogP contribution >= 0.6 is 0 Å². The molecule has 0 aliphatic heterocycles. The molecule has 2 aromatic carbocycles. The van der Waals surface area contributed by atoms with Crippen LogP contribution in [-0.2, 0) is 0 Å². The predicted molar refractivity (Wildman–Crippen MR) is 83.6 cm³/mol. The number of carbonyl (C=O) groups is 1. The van der Waals surface area contributed by atoms with Crippen LogP contribution in [0.5, 0.6) is 0 Å². The van der Waals surface area contributed by atoms with Crippen molar-refractivity contribution < 1.29 is 9.32 Å². The highest BCUT2D eigenvalue weighted by atomic mass is 16.5. The lowest BCUT2D eigenvalue weighted by Gasteiger charge is -2.06. The maximum atomic E-state index is 12.3. The average molecular weight is 304 g/mol. The first-order valence-corrected chi connectivity index (χ1v) is 6.88. The van der Waals surface area contributed by atoms with Gasteiger partial charge in [-0.05, 0) is 43.3 Å². The summed E-state index contributed by atoms with van der Waals surface area (Å²) >= 11 is 0. The van der Waals surface area contributed by atoms with E-state index in [-0.39, 0.29) is 5.91 Å². The van der Waals surface area contributed by atoms with E-state index in [0.717, 1.165) is 0 Å². The van der Waals surface area contributed by atoms with Gasteiger partial charge in [-0.25, -0.2) is 0 Å². The first-order chi connectivity index (χ1) is 11.2. The quantitative estimate of drug-likeness (QED) is 0.802. The molecule has 6 heteroatoms. The molecule has 6 nitrogen and oxygen atoms in total. The van der Waals surface area contributed by atoms with Crippen LogP contribution in [0, 0.1) is 18.3 Å². The number of nitrogens with one attached hydrogen (secondary N) is 1. The highest BCUT2D eigenvalue weighted by Crippen LogP contribution is 2.21. The molecule has 1 heterocycles. The van der Waals surface area contributed by atoms with Gasteiger partial charge in [0, 0.05) is 16.8 Å². The van der Waals surface area contributed by atoms with E-state index in [4.69, 9.17) is 9.78 Å². The second kappa shape index (κ2) is 6.12. The van der Waals surface area contributed by atoms with Crippen molar-refractivity contribution in [3.8, 4) is 17.5 Å². The number of benzene rings is 2. The molecule has 0 aliphatic carbocycles. The van der Waals surface area contributed by atoms with Gasteiger partial charge in [-0.15, -0.1) is 0 Å². The van der Waals surface area contributed by atoms with E-state index in [1.165, 1.54) is 0 Å². The molecule has 1 N–H and O–H groups in total. The van der Waals surface area contributed by atoms with E-state index in [2.05, 4.69) is 15.5 Å². The van der Waals surface area contributed by atoms with Crippen LogP contribution in [0.4, 0.5) is 5.69 Å². The Labute approximate surface area is 132 Å². The van der Waals surface area contributed by atoms with Crippen LogP contribution in [0.1, 0.15) is 21.7 Å². The first kappa shape index (κ1) is 14.5. The van der Waals surface area contributed by atoms with Crippen molar-refractivity contribution >= 4 is 11.6 Å². The zero-order chi connectivity index (χ0) is 16.2. The predicted octanol–water partition coefficient (Wildman–Crippen LogP) is 3.17. The number of anilines is 1. The van der Waals surface area contributed by atoms with Gasteiger partial charge in [-0.1, -0.05) is 17.3 Å². The van der Waals surface area contributed by atoms with Gasteiger partial charge in [0.1, 0.15) is 0 Å². The third kappa shape index (κ3) is 3.24. The number of amides is 1. The Bertz CT molecular complexity index is 909. The van der Waals surface area contributed by atoms with E-state index in [1.54, 1.807) is 49.4 Å². The fourth-order valence-electron chi connectivity index (χ4n) is 2.08. The van der Waals surface area contributed by atoms with Gasteiger partial charge in [-0.2, -0.15) is 10.2 Å². The number of hydrogen-bond acceptors (Lipinski definition) is 5. The smallest absolute Gasteiger partial charge is 0.257 e. The van der Waals surface area contributed by atoms with Crippen molar-refractivity contribution in [3.05, 3.63) is 65.5 Å². The van der Waals surface area contributed by atoms with E-state index in [1.807, 2.05) is 12.1 Å². The van der Waals surface area contributed by atoms with Gasteiger partial charge in [0.15, 0.2) is 5.82 Å². The lowest BCUT2D eigenvalue weighted by Crippen LogP contribution is -2.11. The van der Waals surface area contributed by atoms with Gasteiger partial charge < -0.3 is 9.84 Å². The van der Waals surface area contributed by atoms with Gasteiger partial charge in [0.25, 0.3) is 11.8 Å². The molecule has 112 valence electrons. The molecule has 1 amide bonds. The normalized spacial score (nSPS) is 10.1. The van der Waals surface area contributed by atoms with E-state index >= 15 is 0 Å². The molecular formula is C17H12N4O2. The van der Waals surface area contributed by atoms with Crippen LogP contribution in [-0.4, -0.2) is 16.0 Å². The summed E-state index contributed by atoms with van der Waals surface area (Å²) < 4.78 is 5.12. The number of hydrogen-bond donors (Lipinski definition) is 1. The molecule has 0 aliphatic rings. The van der Waals surface area contributed by atoms with Crippen molar-refractivity contribution in [1.82, 2.24) is 10.1 Å². The molecule has 0 saturated carbocycles. The zero-order valence-electron chi connectivity index (χ0n) is 12.3. The average Bonchev–Trinajstić information content (AvgIpc) is 3.02. The van der Waals surface area contributed by atoms with Gasteiger partial charge >= 0.3 is 0 Å². The third-order valence-corrected chi connectivity index (χ3v) is 3.15. The topological polar surface area (TPSA) is 91.8 Å². The molecule has 3 aromatic rings. The van der Waals surface area contributed by atoms with E-state index in [9.17, 15) is 4.79 Å². The third-order valence-electron chi connectivity index (χ3n) is 3.15. The Hall–Kier alpha value is -3.46.